The topological polar surface area (TPSA) is 24.9 Å². The van der Waals surface area contributed by atoms with Gasteiger partial charge in [-0.15, -0.1) is 12.4 Å². The van der Waals surface area contributed by atoms with Gasteiger partial charge in [0.05, 0.1) is 0 Å². The first-order chi connectivity index (χ1) is 6.25. The Bertz CT molecular complexity index is 286. The van der Waals surface area contributed by atoms with Crippen LogP contribution in [-0.4, -0.2) is 18.1 Å². The van der Waals surface area contributed by atoms with Crippen molar-refractivity contribution >= 4 is 12.4 Å². The van der Waals surface area contributed by atoms with E-state index in [2.05, 4.69) is 36.3 Å². The predicted octanol–water partition coefficient (Wildman–Crippen LogP) is 2.20. The first-order valence-corrected chi connectivity index (χ1v) is 4.91. The molecule has 1 N–H and O–H groups in total. The summed E-state index contributed by atoms with van der Waals surface area (Å²) in [6.07, 6.45) is 1.27. The highest BCUT2D eigenvalue weighted by molar-refractivity contribution is 5.85. The van der Waals surface area contributed by atoms with Crippen molar-refractivity contribution in [1.29, 1.82) is 0 Å². The number of halogens is 1. The summed E-state index contributed by atoms with van der Waals surface area (Å²) in [6, 6.07) is 4.43. The third-order valence-corrected chi connectivity index (χ3v) is 2.64. The highest BCUT2D eigenvalue weighted by Crippen LogP contribution is 2.22. The van der Waals surface area contributed by atoms with Crippen molar-refractivity contribution in [3.05, 3.63) is 29.1 Å². The summed E-state index contributed by atoms with van der Waals surface area (Å²) in [5, 5.41) is 3.39. The van der Waals surface area contributed by atoms with E-state index in [1.165, 1.54) is 12.0 Å². The maximum absolute atomic E-state index is 4.39. The molecular weight excluding hydrogens is 196 g/mol. The molecule has 0 amide bonds. The molecule has 2 rings (SSSR count). The molecule has 0 saturated carbocycles. The van der Waals surface area contributed by atoms with Crippen molar-refractivity contribution in [1.82, 2.24) is 10.3 Å². The quantitative estimate of drug-likeness (QED) is 0.772. The smallest absolute Gasteiger partial charge is 0.0378 e. The van der Waals surface area contributed by atoms with Crippen molar-refractivity contribution in [2.75, 3.05) is 13.1 Å². The highest BCUT2D eigenvalue weighted by atomic mass is 35.5. The van der Waals surface area contributed by atoms with Crippen LogP contribution in [0.25, 0.3) is 0 Å². The van der Waals surface area contributed by atoms with Gasteiger partial charge in [0, 0.05) is 17.9 Å². The SMILES string of the molecule is Cc1cc(C2CCNC2)cc(C)n1.Cl. The molecule has 1 atom stereocenters. The zero-order valence-corrected chi connectivity index (χ0v) is 9.53. The lowest BCUT2D eigenvalue weighted by molar-refractivity contribution is 0.758. The lowest BCUT2D eigenvalue weighted by atomic mass is 9.98. The van der Waals surface area contributed by atoms with E-state index in [4.69, 9.17) is 0 Å². The third kappa shape index (κ3) is 2.46. The van der Waals surface area contributed by atoms with E-state index < -0.39 is 0 Å². The Morgan fingerprint density at radius 3 is 2.43 bits per heavy atom. The Hall–Kier alpha value is -0.600. The highest BCUT2D eigenvalue weighted by Gasteiger charge is 2.16. The van der Waals surface area contributed by atoms with E-state index >= 15 is 0 Å². The van der Waals surface area contributed by atoms with Gasteiger partial charge in [0.2, 0.25) is 0 Å². The fraction of sp³-hybridized carbons (Fsp3) is 0.545. The van der Waals surface area contributed by atoms with E-state index in [1.54, 1.807) is 0 Å². The van der Waals surface area contributed by atoms with Gasteiger partial charge in [-0.05, 0) is 50.4 Å². The average Bonchev–Trinajstić information content (AvgIpc) is 2.53. The summed E-state index contributed by atoms with van der Waals surface area (Å²) < 4.78 is 0. The molecule has 1 unspecified atom stereocenters. The van der Waals surface area contributed by atoms with Crippen LogP contribution in [0.3, 0.4) is 0 Å². The Balaban J connectivity index is 0.000000980. The number of rotatable bonds is 1. The Morgan fingerprint density at radius 2 is 1.93 bits per heavy atom. The summed E-state index contributed by atoms with van der Waals surface area (Å²) >= 11 is 0. The van der Waals surface area contributed by atoms with E-state index in [9.17, 15) is 0 Å². The van der Waals surface area contributed by atoms with Gasteiger partial charge >= 0.3 is 0 Å². The van der Waals surface area contributed by atoms with E-state index in [-0.39, 0.29) is 12.4 Å². The molecule has 0 radical (unpaired) electrons. The monoisotopic (exact) mass is 212 g/mol. The van der Waals surface area contributed by atoms with Gasteiger partial charge in [0.1, 0.15) is 0 Å². The molecule has 1 saturated heterocycles. The van der Waals surface area contributed by atoms with Crippen molar-refractivity contribution in [2.24, 2.45) is 0 Å². The van der Waals surface area contributed by atoms with Crippen molar-refractivity contribution < 1.29 is 0 Å². The molecule has 2 nitrogen and oxygen atoms in total. The second-order valence-corrected chi connectivity index (χ2v) is 3.87. The standard InChI is InChI=1S/C11H16N2.ClH/c1-8-5-11(6-9(2)13-8)10-3-4-12-7-10;/h5-6,10,12H,3-4,7H2,1-2H3;1H. The van der Waals surface area contributed by atoms with Gasteiger partial charge in [0.25, 0.3) is 0 Å². The van der Waals surface area contributed by atoms with E-state index in [1.807, 2.05) is 0 Å². The van der Waals surface area contributed by atoms with Crippen LogP contribution >= 0.6 is 12.4 Å². The summed E-state index contributed by atoms with van der Waals surface area (Å²) in [5.74, 6) is 0.709. The van der Waals surface area contributed by atoms with Crippen molar-refractivity contribution in [3.63, 3.8) is 0 Å². The first kappa shape index (κ1) is 11.5. The largest absolute Gasteiger partial charge is 0.316 e. The fourth-order valence-corrected chi connectivity index (χ4v) is 2.04. The number of hydrogen-bond acceptors (Lipinski definition) is 2. The average molecular weight is 213 g/mol. The van der Waals surface area contributed by atoms with E-state index in [0.717, 1.165) is 24.5 Å². The Kier molecular flexibility index (Phi) is 3.90. The molecular formula is C11H17ClN2. The molecule has 78 valence electrons. The number of nitrogens with one attached hydrogen (secondary N) is 1. The Morgan fingerprint density at radius 1 is 1.29 bits per heavy atom. The second-order valence-electron chi connectivity index (χ2n) is 3.87. The summed E-state index contributed by atoms with van der Waals surface area (Å²) in [6.45, 7) is 6.42. The molecule has 0 aromatic carbocycles. The van der Waals surface area contributed by atoms with Crippen molar-refractivity contribution in [2.45, 2.75) is 26.2 Å². The van der Waals surface area contributed by atoms with Crippen LogP contribution in [-0.2, 0) is 0 Å². The van der Waals surface area contributed by atoms with Crippen LogP contribution in [0.2, 0.25) is 0 Å². The normalized spacial score (nSPS) is 20.6. The molecule has 14 heavy (non-hydrogen) atoms. The predicted molar refractivity (Wildman–Crippen MR) is 61.2 cm³/mol. The van der Waals surface area contributed by atoms with Gasteiger partial charge in [0.15, 0.2) is 0 Å². The molecule has 0 aliphatic carbocycles. The number of nitrogens with zero attached hydrogens (tertiary/aromatic N) is 1. The van der Waals surface area contributed by atoms with Crippen LogP contribution in [0, 0.1) is 13.8 Å². The molecule has 1 aliphatic heterocycles. The van der Waals surface area contributed by atoms with Crippen LogP contribution in [0.15, 0.2) is 12.1 Å². The van der Waals surface area contributed by atoms with Gasteiger partial charge < -0.3 is 5.32 Å². The minimum absolute atomic E-state index is 0. The number of hydrogen-bond donors (Lipinski definition) is 1. The number of pyridine rings is 1. The third-order valence-electron chi connectivity index (χ3n) is 2.64. The summed E-state index contributed by atoms with van der Waals surface area (Å²) in [7, 11) is 0. The van der Waals surface area contributed by atoms with Crippen LogP contribution in [0.1, 0.15) is 29.3 Å². The van der Waals surface area contributed by atoms with Crippen LogP contribution in [0.5, 0.6) is 0 Å². The Labute approximate surface area is 91.5 Å². The van der Waals surface area contributed by atoms with Gasteiger partial charge in [-0.2, -0.15) is 0 Å². The number of aromatic nitrogens is 1. The summed E-state index contributed by atoms with van der Waals surface area (Å²) in [4.78, 5) is 4.39. The molecule has 1 aliphatic rings. The minimum Gasteiger partial charge on any atom is -0.316 e. The second kappa shape index (κ2) is 4.76. The van der Waals surface area contributed by atoms with E-state index in [0.29, 0.717) is 5.92 Å². The molecule has 0 bridgehead atoms. The lowest BCUT2D eigenvalue weighted by Crippen LogP contribution is -2.08. The van der Waals surface area contributed by atoms with Crippen LogP contribution < -0.4 is 5.32 Å². The lowest BCUT2D eigenvalue weighted by Gasteiger charge is -2.10. The molecule has 3 heteroatoms. The van der Waals surface area contributed by atoms with Crippen molar-refractivity contribution in [3.8, 4) is 0 Å². The van der Waals surface area contributed by atoms with Crippen LogP contribution in [0.4, 0.5) is 0 Å². The molecule has 2 heterocycles. The van der Waals surface area contributed by atoms with Gasteiger partial charge in [-0.1, -0.05) is 0 Å². The first-order valence-electron chi connectivity index (χ1n) is 4.91. The van der Waals surface area contributed by atoms with Gasteiger partial charge in [-0.25, -0.2) is 0 Å². The fourth-order valence-electron chi connectivity index (χ4n) is 2.04. The molecule has 1 aromatic heterocycles. The maximum Gasteiger partial charge on any atom is 0.0378 e. The molecule has 1 fully saturated rings. The molecule has 1 aromatic rings. The summed E-state index contributed by atoms with van der Waals surface area (Å²) in [5.41, 5.74) is 3.74. The number of aryl methyl sites for hydroxylation is 2. The van der Waals surface area contributed by atoms with Gasteiger partial charge in [-0.3, -0.25) is 4.98 Å². The zero-order chi connectivity index (χ0) is 9.26. The molecule has 0 spiro atoms. The zero-order valence-electron chi connectivity index (χ0n) is 8.71. The minimum atomic E-state index is 0. The maximum atomic E-state index is 4.39.